The summed E-state index contributed by atoms with van der Waals surface area (Å²) in [6.45, 7) is 2.14. The van der Waals surface area contributed by atoms with Gasteiger partial charge in [0.1, 0.15) is 0 Å². The molecule has 2 aromatic heterocycles. The van der Waals surface area contributed by atoms with E-state index in [0.29, 0.717) is 17.1 Å². The zero-order chi connectivity index (χ0) is 20.1. The van der Waals surface area contributed by atoms with Crippen LogP contribution in [0, 0.1) is 0 Å². The fourth-order valence-corrected chi connectivity index (χ4v) is 4.18. The first kappa shape index (κ1) is 19.7. The van der Waals surface area contributed by atoms with Crippen LogP contribution in [0.15, 0.2) is 66.2 Å². The Morgan fingerprint density at radius 1 is 1.07 bits per heavy atom. The van der Waals surface area contributed by atoms with Gasteiger partial charge in [-0.05, 0) is 59.3 Å². The molecule has 2 heterocycles. The van der Waals surface area contributed by atoms with Gasteiger partial charge in [0, 0.05) is 52.2 Å². The number of hydrogen-bond donors (Lipinski definition) is 3. The molecular formula is C23H22ClN3OS. The minimum Gasteiger partial charge on any atom is -0.361 e. The number of carbonyl (C=O) groups excluding carboxylic acids is 1. The highest BCUT2D eigenvalue weighted by molar-refractivity contribution is 7.09. The molecule has 4 nitrogen and oxygen atoms in total. The van der Waals surface area contributed by atoms with Crippen LogP contribution in [0.1, 0.15) is 26.4 Å². The normalized spacial score (nSPS) is 11.1. The summed E-state index contributed by atoms with van der Waals surface area (Å²) in [7, 11) is 0. The first-order valence-electron chi connectivity index (χ1n) is 9.55. The van der Waals surface area contributed by atoms with Crippen molar-refractivity contribution in [3.63, 3.8) is 0 Å². The molecule has 0 bridgehead atoms. The van der Waals surface area contributed by atoms with Crippen molar-refractivity contribution < 1.29 is 4.79 Å². The molecule has 4 aromatic rings. The van der Waals surface area contributed by atoms with E-state index in [0.717, 1.165) is 41.5 Å². The fourth-order valence-electron chi connectivity index (χ4n) is 3.34. The van der Waals surface area contributed by atoms with Gasteiger partial charge < -0.3 is 15.6 Å². The largest absolute Gasteiger partial charge is 0.361 e. The molecule has 0 aliphatic rings. The maximum atomic E-state index is 12.5. The average molecular weight is 424 g/mol. The molecule has 148 valence electrons. The predicted octanol–water partition coefficient (Wildman–Crippen LogP) is 5.15. The van der Waals surface area contributed by atoms with Crippen molar-refractivity contribution in [3.05, 3.63) is 92.8 Å². The molecule has 1 amide bonds. The van der Waals surface area contributed by atoms with Gasteiger partial charge in [0.2, 0.25) is 0 Å². The monoisotopic (exact) mass is 423 g/mol. The third-order valence-corrected chi connectivity index (χ3v) is 5.92. The molecule has 0 aliphatic heterocycles. The zero-order valence-corrected chi connectivity index (χ0v) is 17.4. The molecule has 4 rings (SSSR count). The number of H-pyrrole nitrogens is 1. The van der Waals surface area contributed by atoms with Crippen LogP contribution in [-0.4, -0.2) is 17.4 Å². The quantitative estimate of drug-likeness (QED) is 0.367. The minimum absolute atomic E-state index is 0.0528. The lowest BCUT2D eigenvalue weighted by molar-refractivity contribution is 0.0954. The Bertz CT molecular complexity index is 1100. The molecule has 0 radical (unpaired) electrons. The lowest BCUT2D eigenvalue weighted by Gasteiger charge is -2.08. The van der Waals surface area contributed by atoms with Gasteiger partial charge in [0.15, 0.2) is 0 Å². The topological polar surface area (TPSA) is 56.9 Å². The second-order valence-corrected chi connectivity index (χ2v) is 8.36. The van der Waals surface area contributed by atoms with Crippen LogP contribution in [0.25, 0.3) is 10.9 Å². The van der Waals surface area contributed by atoms with Crippen LogP contribution >= 0.6 is 22.9 Å². The molecule has 0 saturated carbocycles. The van der Waals surface area contributed by atoms with Crippen molar-refractivity contribution in [3.8, 4) is 0 Å². The molecule has 0 spiro atoms. The van der Waals surface area contributed by atoms with Gasteiger partial charge in [-0.15, -0.1) is 11.3 Å². The van der Waals surface area contributed by atoms with Gasteiger partial charge in [-0.25, -0.2) is 0 Å². The number of halogens is 1. The van der Waals surface area contributed by atoms with E-state index in [1.807, 2.05) is 48.7 Å². The van der Waals surface area contributed by atoms with Gasteiger partial charge in [0.25, 0.3) is 5.91 Å². The van der Waals surface area contributed by atoms with E-state index in [9.17, 15) is 4.79 Å². The summed E-state index contributed by atoms with van der Waals surface area (Å²) in [4.78, 5) is 17.1. The second-order valence-electron chi connectivity index (χ2n) is 6.89. The molecule has 0 saturated heterocycles. The number of aromatic nitrogens is 1. The van der Waals surface area contributed by atoms with E-state index >= 15 is 0 Å². The summed E-state index contributed by atoms with van der Waals surface area (Å²) in [5.41, 5.74) is 3.98. The van der Waals surface area contributed by atoms with Gasteiger partial charge in [-0.2, -0.15) is 0 Å². The summed E-state index contributed by atoms with van der Waals surface area (Å²) in [5, 5.41) is 10.3. The summed E-state index contributed by atoms with van der Waals surface area (Å²) < 4.78 is 0. The second kappa shape index (κ2) is 9.27. The van der Waals surface area contributed by atoms with E-state index < -0.39 is 0 Å². The van der Waals surface area contributed by atoms with Gasteiger partial charge in [-0.3, -0.25) is 4.79 Å². The molecule has 0 fully saturated rings. The molecule has 29 heavy (non-hydrogen) atoms. The molecule has 0 atom stereocenters. The van der Waals surface area contributed by atoms with Crippen LogP contribution in [0.4, 0.5) is 0 Å². The highest BCUT2D eigenvalue weighted by atomic mass is 35.5. The summed E-state index contributed by atoms with van der Waals surface area (Å²) >= 11 is 7.84. The standard InChI is InChI=1S/C23H22ClN3OS/c24-19-6-7-22-21(12-19)18(14-27-22)8-9-26-23(28)17-4-1-3-16(11-17)13-25-15-20-5-2-10-29-20/h1-7,10-12,14,25,27H,8-9,13,15H2,(H,26,28). The molecule has 0 unspecified atom stereocenters. The first-order valence-corrected chi connectivity index (χ1v) is 10.8. The summed E-state index contributed by atoms with van der Waals surface area (Å²) in [6, 6.07) is 17.7. The van der Waals surface area contributed by atoms with Gasteiger partial charge >= 0.3 is 0 Å². The molecule has 3 N–H and O–H groups in total. The SMILES string of the molecule is O=C(NCCc1c[nH]c2ccc(Cl)cc12)c1cccc(CNCc2cccs2)c1. The number of thiophene rings is 1. The number of nitrogens with one attached hydrogen (secondary N) is 3. The van der Waals surface area contributed by atoms with E-state index in [2.05, 4.69) is 33.1 Å². The number of rotatable bonds is 8. The fraction of sp³-hybridized carbons (Fsp3) is 0.174. The van der Waals surface area contributed by atoms with Crippen molar-refractivity contribution in [1.82, 2.24) is 15.6 Å². The Kier molecular flexibility index (Phi) is 6.30. The van der Waals surface area contributed by atoms with E-state index in [4.69, 9.17) is 11.6 Å². The third kappa shape index (κ3) is 5.07. The van der Waals surface area contributed by atoms with Crippen molar-refractivity contribution in [2.45, 2.75) is 19.5 Å². The Hall–Kier alpha value is -2.60. The van der Waals surface area contributed by atoms with Gasteiger partial charge in [0.05, 0.1) is 0 Å². The Morgan fingerprint density at radius 3 is 2.86 bits per heavy atom. The van der Waals surface area contributed by atoms with E-state index in [1.165, 1.54) is 4.88 Å². The molecule has 2 aromatic carbocycles. The number of carbonyl (C=O) groups is 1. The number of fused-ring (bicyclic) bond motifs is 1. The summed E-state index contributed by atoms with van der Waals surface area (Å²) in [6.07, 6.45) is 2.72. The smallest absolute Gasteiger partial charge is 0.251 e. The maximum Gasteiger partial charge on any atom is 0.251 e. The molecular weight excluding hydrogens is 402 g/mol. The third-order valence-electron chi connectivity index (χ3n) is 4.81. The number of amides is 1. The van der Waals surface area contributed by atoms with E-state index in [1.54, 1.807) is 11.3 Å². The van der Waals surface area contributed by atoms with Crippen molar-refractivity contribution in [1.29, 1.82) is 0 Å². The van der Waals surface area contributed by atoms with Crippen LogP contribution in [0.5, 0.6) is 0 Å². The highest BCUT2D eigenvalue weighted by Crippen LogP contribution is 2.22. The van der Waals surface area contributed by atoms with Crippen molar-refractivity contribution in [2.75, 3.05) is 6.54 Å². The molecule has 0 aliphatic carbocycles. The lowest BCUT2D eigenvalue weighted by atomic mass is 10.1. The average Bonchev–Trinajstić information content (AvgIpc) is 3.38. The van der Waals surface area contributed by atoms with Crippen LogP contribution in [0.3, 0.4) is 0 Å². The highest BCUT2D eigenvalue weighted by Gasteiger charge is 2.08. The Balaban J connectivity index is 1.30. The number of aromatic amines is 1. The van der Waals surface area contributed by atoms with Crippen LogP contribution in [-0.2, 0) is 19.5 Å². The van der Waals surface area contributed by atoms with E-state index in [-0.39, 0.29) is 5.91 Å². The minimum atomic E-state index is -0.0528. The summed E-state index contributed by atoms with van der Waals surface area (Å²) in [5.74, 6) is -0.0528. The van der Waals surface area contributed by atoms with Crippen LogP contribution in [0.2, 0.25) is 5.02 Å². The Morgan fingerprint density at radius 2 is 2.00 bits per heavy atom. The lowest BCUT2D eigenvalue weighted by Crippen LogP contribution is -2.25. The molecule has 6 heteroatoms. The first-order chi connectivity index (χ1) is 14.2. The van der Waals surface area contributed by atoms with Crippen LogP contribution < -0.4 is 10.6 Å². The zero-order valence-electron chi connectivity index (χ0n) is 15.9. The van der Waals surface area contributed by atoms with Crippen molar-refractivity contribution in [2.24, 2.45) is 0 Å². The number of hydrogen-bond acceptors (Lipinski definition) is 3. The number of benzene rings is 2. The predicted molar refractivity (Wildman–Crippen MR) is 121 cm³/mol. The van der Waals surface area contributed by atoms with Gasteiger partial charge in [-0.1, -0.05) is 29.8 Å². The Labute approximate surface area is 178 Å². The van der Waals surface area contributed by atoms with Crippen molar-refractivity contribution >= 4 is 39.7 Å². The maximum absolute atomic E-state index is 12.5.